The summed E-state index contributed by atoms with van der Waals surface area (Å²) in [6, 6.07) is 0. The Morgan fingerprint density at radius 2 is 2.22 bits per heavy atom. The van der Waals surface area contributed by atoms with Gasteiger partial charge in [0, 0.05) is 19.7 Å². The van der Waals surface area contributed by atoms with Gasteiger partial charge in [-0.2, -0.15) is 13.2 Å². The number of amidine groups is 1. The highest BCUT2D eigenvalue weighted by Gasteiger charge is 2.42. The van der Waals surface area contributed by atoms with Crippen LogP contribution in [0.2, 0.25) is 0 Å². The van der Waals surface area contributed by atoms with Crippen LogP contribution in [0.3, 0.4) is 0 Å². The molecule has 1 saturated heterocycles. The summed E-state index contributed by atoms with van der Waals surface area (Å²) in [5.74, 6) is -2.72. The molecule has 1 aliphatic heterocycles. The van der Waals surface area contributed by atoms with Crippen LogP contribution in [0.4, 0.5) is 13.2 Å². The minimum atomic E-state index is -4.46. The maximum Gasteiger partial charge on any atom is 0.399 e. The van der Waals surface area contributed by atoms with E-state index in [-0.39, 0.29) is 12.6 Å². The summed E-state index contributed by atoms with van der Waals surface area (Å²) in [6.07, 6.45) is -2.62. The monoisotopic (exact) mass is 267 g/mol. The Bertz CT molecular complexity index is 277. The van der Waals surface area contributed by atoms with Gasteiger partial charge in [0.25, 0.3) is 0 Å². The van der Waals surface area contributed by atoms with E-state index in [1.54, 1.807) is 11.8 Å². The van der Waals surface area contributed by atoms with Gasteiger partial charge >= 0.3 is 6.18 Å². The van der Waals surface area contributed by atoms with Gasteiger partial charge in [0.1, 0.15) is 11.8 Å². The molecule has 0 amide bonds. The molecule has 3 N–H and O–H groups in total. The number of halogens is 3. The van der Waals surface area contributed by atoms with Crippen molar-refractivity contribution in [3.63, 3.8) is 0 Å². The normalized spacial score (nSPS) is 22.4. The van der Waals surface area contributed by atoms with Crippen LogP contribution in [-0.2, 0) is 4.74 Å². The number of nitrogens with zero attached hydrogens (tertiary/aromatic N) is 1. The summed E-state index contributed by atoms with van der Waals surface area (Å²) < 4.78 is 43.5. The van der Waals surface area contributed by atoms with Crippen molar-refractivity contribution < 1.29 is 17.9 Å². The molecule has 0 spiro atoms. The molecule has 1 rings (SSSR count). The van der Waals surface area contributed by atoms with Gasteiger partial charge in [0.05, 0.1) is 6.10 Å². The number of nitrogens with two attached hydrogens (primary N) is 1. The van der Waals surface area contributed by atoms with E-state index in [9.17, 15) is 13.2 Å². The molecule has 0 aromatic heterocycles. The highest BCUT2D eigenvalue weighted by molar-refractivity contribution is 5.80. The third-order valence-corrected chi connectivity index (χ3v) is 3.14. The number of hydrogen-bond acceptors (Lipinski definition) is 3. The molecule has 0 saturated carbocycles. The zero-order valence-corrected chi connectivity index (χ0v) is 10.5. The molecule has 0 aromatic rings. The molecule has 7 heteroatoms. The number of alkyl halides is 3. The van der Waals surface area contributed by atoms with E-state index >= 15 is 0 Å². The summed E-state index contributed by atoms with van der Waals surface area (Å²) in [7, 11) is 0. The second kappa shape index (κ2) is 6.38. The Morgan fingerprint density at radius 1 is 1.56 bits per heavy atom. The van der Waals surface area contributed by atoms with Crippen molar-refractivity contribution in [3.8, 4) is 0 Å². The average molecular weight is 267 g/mol. The zero-order chi connectivity index (χ0) is 13.8. The highest BCUT2D eigenvalue weighted by Crippen LogP contribution is 2.27. The Kier molecular flexibility index (Phi) is 5.40. The van der Waals surface area contributed by atoms with E-state index in [0.29, 0.717) is 19.7 Å². The maximum atomic E-state index is 12.7. The second-order valence-electron chi connectivity index (χ2n) is 4.54. The zero-order valence-electron chi connectivity index (χ0n) is 10.5. The largest absolute Gasteiger partial charge is 0.399 e. The lowest BCUT2D eigenvalue weighted by molar-refractivity contribution is -0.160. The molecule has 0 radical (unpaired) electrons. The van der Waals surface area contributed by atoms with Crippen molar-refractivity contribution in [3.05, 3.63) is 0 Å². The van der Waals surface area contributed by atoms with Crippen LogP contribution >= 0.6 is 0 Å². The van der Waals surface area contributed by atoms with Crippen LogP contribution in [0.15, 0.2) is 0 Å². The second-order valence-corrected chi connectivity index (χ2v) is 4.54. The highest BCUT2D eigenvalue weighted by atomic mass is 19.4. The van der Waals surface area contributed by atoms with Gasteiger partial charge in [-0.25, -0.2) is 0 Å². The lowest BCUT2D eigenvalue weighted by atomic mass is 10.1. The van der Waals surface area contributed by atoms with Gasteiger partial charge in [-0.1, -0.05) is 6.92 Å². The first-order chi connectivity index (χ1) is 8.34. The van der Waals surface area contributed by atoms with E-state index in [1.165, 1.54) is 0 Å². The molecule has 0 aromatic carbocycles. The van der Waals surface area contributed by atoms with Crippen molar-refractivity contribution in [1.82, 2.24) is 4.90 Å². The van der Waals surface area contributed by atoms with Gasteiger partial charge in [-0.05, 0) is 19.4 Å². The molecular formula is C11H20F3N3O. The van der Waals surface area contributed by atoms with Crippen LogP contribution in [0.1, 0.15) is 19.8 Å². The minimum Gasteiger partial charge on any atom is -0.387 e. The lowest BCUT2D eigenvalue weighted by Gasteiger charge is -2.28. The predicted octanol–water partition coefficient (Wildman–Crippen LogP) is 1.60. The molecule has 2 unspecified atom stereocenters. The standard InChI is InChI=1S/C11H20F3N3O/c1-2-17(6-8-4-3-5-18-8)7-9(10(15)16)11(12,13)14/h8-9H,2-7H2,1H3,(H3,15,16). The van der Waals surface area contributed by atoms with E-state index in [2.05, 4.69) is 0 Å². The molecule has 0 aliphatic carbocycles. The van der Waals surface area contributed by atoms with E-state index < -0.39 is 17.9 Å². The quantitative estimate of drug-likeness (QED) is 0.567. The number of likely N-dealkylation sites (N-methyl/N-ethyl adjacent to an activating group) is 1. The summed E-state index contributed by atoms with van der Waals surface area (Å²) in [5, 5.41) is 7.06. The van der Waals surface area contributed by atoms with Crippen LogP contribution in [0.25, 0.3) is 0 Å². The lowest BCUT2D eigenvalue weighted by Crippen LogP contribution is -2.45. The predicted molar refractivity (Wildman–Crippen MR) is 62.5 cm³/mol. The molecule has 1 aliphatic rings. The summed E-state index contributed by atoms with van der Waals surface area (Å²) in [5.41, 5.74) is 5.04. The van der Waals surface area contributed by atoms with Gasteiger partial charge in [-0.15, -0.1) is 0 Å². The van der Waals surface area contributed by atoms with Crippen LogP contribution in [-0.4, -0.2) is 49.3 Å². The molecule has 0 bridgehead atoms. The van der Waals surface area contributed by atoms with Crippen molar-refractivity contribution in [2.45, 2.75) is 32.0 Å². The fourth-order valence-electron chi connectivity index (χ4n) is 2.05. The first-order valence-corrected chi connectivity index (χ1v) is 6.09. The number of hydrogen-bond donors (Lipinski definition) is 2. The smallest absolute Gasteiger partial charge is 0.387 e. The summed E-state index contributed by atoms with van der Waals surface area (Å²) in [6.45, 7) is 3.16. The minimum absolute atomic E-state index is 0.00536. The average Bonchev–Trinajstić information content (AvgIpc) is 2.74. The number of rotatable bonds is 6. The molecular weight excluding hydrogens is 247 g/mol. The fraction of sp³-hybridized carbons (Fsp3) is 0.909. The van der Waals surface area contributed by atoms with E-state index in [1.807, 2.05) is 0 Å². The van der Waals surface area contributed by atoms with Gasteiger partial charge < -0.3 is 10.5 Å². The Morgan fingerprint density at radius 3 is 2.61 bits per heavy atom. The molecule has 1 fully saturated rings. The van der Waals surface area contributed by atoms with Crippen LogP contribution in [0.5, 0.6) is 0 Å². The van der Waals surface area contributed by atoms with Crippen molar-refractivity contribution in [2.24, 2.45) is 11.7 Å². The number of nitrogens with one attached hydrogen (secondary N) is 1. The molecule has 4 nitrogen and oxygen atoms in total. The molecule has 2 atom stereocenters. The van der Waals surface area contributed by atoms with Crippen molar-refractivity contribution in [1.29, 1.82) is 5.41 Å². The molecule has 106 valence electrons. The van der Waals surface area contributed by atoms with Gasteiger partial charge in [-0.3, -0.25) is 10.3 Å². The number of ether oxygens (including phenoxy) is 1. The third-order valence-electron chi connectivity index (χ3n) is 3.14. The van der Waals surface area contributed by atoms with Crippen LogP contribution in [0, 0.1) is 11.3 Å². The van der Waals surface area contributed by atoms with Gasteiger partial charge in [0.2, 0.25) is 0 Å². The summed E-state index contributed by atoms with van der Waals surface area (Å²) >= 11 is 0. The van der Waals surface area contributed by atoms with E-state index in [4.69, 9.17) is 15.9 Å². The first kappa shape index (κ1) is 15.2. The summed E-state index contributed by atoms with van der Waals surface area (Å²) in [4.78, 5) is 1.65. The Balaban J connectivity index is 2.56. The SMILES string of the molecule is CCN(CC1CCCO1)CC(C(=N)N)C(F)(F)F. The Hall–Kier alpha value is -0.820. The van der Waals surface area contributed by atoms with E-state index in [0.717, 1.165) is 12.8 Å². The Labute approximate surface area is 105 Å². The maximum absolute atomic E-state index is 12.7. The molecule has 18 heavy (non-hydrogen) atoms. The fourth-order valence-corrected chi connectivity index (χ4v) is 2.05. The van der Waals surface area contributed by atoms with Crippen molar-refractivity contribution in [2.75, 3.05) is 26.2 Å². The first-order valence-electron chi connectivity index (χ1n) is 6.09. The third kappa shape index (κ3) is 4.45. The topological polar surface area (TPSA) is 62.3 Å². The van der Waals surface area contributed by atoms with Crippen LogP contribution < -0.4 is 5.73 Å². The molecule has 1 heterocycles. The van der Waals surface area contributed by atoms with Gasteiger partial charge in [0.15, 0.2) is 0 Å². The van der Waals surface area contributed by atoms with Crippen molar-refractivity contribution >= 4 is 5.84 Å².